The topological polar surface area (TPSA) is 234 Å². The minimum absolute atomic E-state index is 0.783. The van der Waals surface area contributed by atoms with Crippen molar-refractivity contribution in [1.29, 1.82) is 0 Å². The molecule has 15 nitrogen and oxygen atoms in total. The molecule has 11 unspecified atom stereocenters. The van der Waals surface area contributed by atoms with Gasteiger partial charge < -0.3 is 44.8 Å². The number of aliphatic hydroxyl groups excluding tert-OH is 5. The van der Waals surface area contributed by atoms with Crippen molar-refractivity contribution in [2.75, 3.05) is 13.7 Å². The molecule has 2 aliphatic rings. The first-order valence-corrected chi connectivity index (χ1v) is 11.8. The number of aliphatic hydroxyl groups is 5. The van der Waals surface area contributed by atoms with E-state index in [9.17, 15) is 44.4 Å². The normalized spacial score (nSPS) is 46.3. The van der Waals surface area contributed by atoms with Crippen molar-refractivity contribution in [3.05, 3.63) is 0 Å². The molecule has 11 atom stereocenters. The second-order valence-electron chi connectivity index (χ2n) is 6.93. The fourth-order valence-corrected chi connectivity index (χ4v) is 5.30. The summed E-state index contributed by atoms with van der Waals surface area (Å²) in [5.74, 6) is -2.59. The van der Waals surface area contributed by atoms with Crippen molar-refractivity contribution in [2.45, 2.75) is 68.6 Å². The second-order valence-corrected chi connectivity index (χ2v) is 9.90. The van der Waals surface area contributed by atoms with Crippen LogP contribution in [0.5, 0.6) is 0 Å². The molecular weight excluding hydrogens is 456 g/mol. The standard InChI is InChI=1S/C13H27NO14P2/c1-5-8(15)10(17)7(25-5)4-24-29(20,21)28-30(22,23)27-13(14-3)12(19)11(18)9(16)6(2)26-13/h5-12,14-19H,4H2,1-3H3,(H,20,21)(H,22,23). The molecule has 2 rings (SSSR count). The lowest BCUT2D eigenvalue weighted by Crippen LogP contribution is -2.69. The van der Waals surface area contributed by atoms with Crippen LogP contribution in [0.1, 0.15) is 13.8 Å². The number of hydrogen-bond acceptors (Lipinski definition) is 13. The molecule has 0 spiro atoms. The molecule has 2 aliphatic heterocycles. The Morgan fingerprint density at radius 1 is 0.933 bits per heavy atom. The van der Waals surface area contributed by atoms with Gasteiger partial charge in [-0.1, -0.05) is 0 Å². The zero-order chi connectivity index (χ0) is 23.1. The van der Waals surface area contributed by atoms with Crippen LogP contribution in [0, 0.1) is 0 Å². The van der Waals surface area contributed by atoms with Gasteiger partial charge in [0.15, 0.2) is 6.10 Å². The Bertz CT molecular complexity index is 697. The molecule has 0 amide bonds. The van der Waals surface area contributed by atoms with Crippen LogP contribution in [0.3, 0.4) is 0 Å². The lowest BCUT2D eigenvalue weighted by atomic mass is 9.97. The summed E-state index contributed by atoms with van der Waals surface area (Å²) < 4.78 is 47.9. The molecule has 30 heavy (non-hydrogen) atoms. The van der Waals surface area contributed by atoms with Gasteiger partial charge >= 0.3 is 15.6 Å². The lowest BCUT2D eigenvalue weighted by molar-refractivity contribution is -0.344. The van der Waals surface area contributed by atoms with E-state index in [1.807, 2.05) is 0 Å². The highest BCUT2D eigenvalue weighted by molar-refractivity contribution is 7.61. The van der Waals surface area contributed by atoms with Gasteiger partial charge in [-0.05, 0) is 20.9 Å². The van der Waals surface area contributed by atoms with Gasteiger partial charge in [-0.2, -0.15) is 4.31 Å². The molecule has 0 saturated carbocycles. The number of likely N-dealkylation sites (N-methyl/N-ethyl adjacent to an activating group) is 1. The number of hydrogen-bond donors (Lipinski definition) is 8. The number of nitrogens with one attached hydrogen (secondary N) is 1. The van der Waals surface area contributed by atoms with Crippen LogP contribution in [-0.4, -0.2) is 104 Å². The zero-order valence-corrected chi connectivity index (χ0v) is 18.0. The van der Waals surface area contributed by atoms with Crippen molar-refractivity contribution in [2.24, 2.45) is 0 Å². The molecule has 2 heterocycles. The third kappa shape index (κ3) is 5.64. The van der Waals surface area contributed by atoms with Crippen LogP contribution >= 0.6 is 15.6 Å². The summed E-state index contributed by atoms with van der Waals surface area (Å²) in [6, 6.07) is 0. The first-order valence-electron chi connectivity index (χ1n) is 8.79. The Labute approximate surface area is 171 Å². The van der Waals surface area contributed by atoms with Gasteiger partial charge in [0.05, 0.1) is 18.8 Å². The highest BCUT2D eigenvalue weighted by atomic mass is 31.3. The maximum atomic E-state index is 12.3. The Morgan fingerprint density at radius 3 is 2.00 bits per heavy atom. The fourth-order valence-electron chi connectivity index (χ4n) is 3.01. The van der Waals surface area contributed by atoms with E-state index >= 15 is 0 Å². The van der Waals surface area contributed by atoms with Crippen LogP contribution in [0.15, 0.2) is 0 Å². The number of phosphoric ester groups is 2. The molecule has 178 valence electrons. The van der Waals surface area contributed by atoms with Crippen LogP contribution in [0.4, 0.5) is 0 Å². The number of phosphoric acid groups is 2. The highest BCUT2D eigenvalue weighted by Crippen LogP contribution is 2.62. The third-order valence-corrected chi connectivity index (χ3v) is 7.34. The van der Waals surface area contributed by atoms with E-state index in [0.717, 1.165) is 7.05 Å². The van der Waals surface area contributed by atoms with E-state index in [-0.39, 0.29) is 0 Å². The average molecular weight is 483 g/mol. The van der Waals surface area contributed by atoms with Crippen LogP contribution < -0.4 is 5.32 Å². The molecule has 8 N–H and O–H groups in total. The van der Waals surface area contributed by atoms with Crippen LogP contribution in [0.25, 0.3) is 0 Å². The molecule has 2 fully saturated rings. The van der Waals surface area contributed by atoms with Gasteiger partial charge in [0.1, 0.15) is 30.5 Å². The second kappa shape index (κ2) is 9.43. The summed E-state index contributed by atoms with van der Waals surface area (Å²) >= 11 is 0. The molecule has 2 saturated heterocycles. The lowest BCUT2D eigenvalue weighted by Gasteiger charge is -2.46. The summed E-state index contributed by atoms with van der Waals surface area (Å²) in [6.45, 7) is 1.92. The minimum atomic E-state index is -5.51. The van der Waals surface area contributed by atoms with Crippen LogP contribution in [0.2, 0.25) is 0 Å². The third-order valence-electron chi connectivity index (χ3n) is 4.71. The van der Waals surface area contributed by atoms with Gasteiger partial charge in [0.2, 0.25) is 0 Å². The van der Waals surface area contributed by atoms with Gasteiger partial charge in [-0.25, -0.2) is 13.7 Å². The first-order chi connectivity index (χ1) is 13.6. The van der Waals surface area contributed by atoms with Crippen molar-refractivity contribution in [3.8, 4) is 0 Å². The predicted molar refractivity (Wildman–Crippen MR) is 94.5 cm³/mol. The van der Waals surface area contributed by atoms with Crippen LogP contribution in [-0.2, 0) is 32.0 Å². The Balaban J connectivity index is 2.05. The van der Waals surface area contributed by atoms with Crippen molar-refractivity contribution >= 4 is 15.6 Å². The molecule has 0 aromatic carbocycles. The first kappa shape index (κ1) is 26.2. The highest BCUT2D eigenvalue weighted by Gasteiger charge is 2.57. The molecule has 17 heteroatoms. The van der Waals surface area contributed by atoms with E-state index < -0.39 is 77.0 Å². The van der Waals surface area contributed by atoms with E-state index in [4.69, 9.17) is 9.47 Å². The van der Waals surface area contributed by atoms with Gasteiger partial charge in [0, 0.05) is 0 Å². The molecule has 0 aliphatic carbocycles. The quantitative estimate of drug-likeness (QED) is 0.128. The Morgan fingerprint density at radius 2 is 1.50 bits per heavy atom. The van der Waals surface area contributed by atoms with Crippen molar-refractivity contribution in [1.82, 2.24) is 5.32 Å². The molecule has 0 radical (unpaired) electrons. The van der Waals surface area contributed by atoms with Gasteiger partial charge in [-0.15, -0.1) is 0 Å². The van der Waals surface area contributed by atoms with E-state index in [2.05, 4.69) is 18.7 Å². The Kier molecular flexibility index (Phi) is 8.24. The smallest absolute Gasteiger partial charge is 0.388 e. The molecule has 0 aromatic rings. The SMILES string of the molecule is CNC1(OP(=O)(O)OP(=O)(O)OCC2OC(C)C(O)C2O)OC(C)C(O)C(O)C1O. The zero-order valence-electron chi connectivity index (χ0n) is 16.2. The molecule has 0 bridgehead atoms. The van der Waals surface area contributed by atoms with E-state index in [0.29, 0.717) is 0 Å². The minimum Gasteiger partial charge on any atom is -0.388 e. The van der Waals surface area contributed by atoms with E-state index in [1.54, 1.807) is 0 Å². The summed E-state index contributed by atoms with van der Waals surface area (Å²) in [7, 11) is -9.69. The monoisotopic (exact) mass is 483 g/mol. The largest absolute Gasteiger partial charge is 0.484 e. The molecule has 0 aromatic heterocycles. The van der Waals surface area contributed by atoms with E-state index in [1.165, 1.54) is 13.8 Å². The maximum Gasteiger partial charge on any atom is 0.484 e. The summed E-state index contributed by atoms with van der Waals surface area (Å²) in [6.07, 6.45) is -11.4. The average Bonchev–Trinajstić information content (AvgIpc) is 2.88. The maximum absolute atomic E-state index is 12.3. The van der Waals surface area contributed by atoms with Crippen molar-refractivity contribution < 1.29 is 67.3 Å². The van der Waals surface area contributed by atoms with Gasteiger partial charge in [0.25, 0.3) is 5.91 Å². The van der Waals surface area contributed by atoms with Crippen molar-refractivity contribution in [3.63, 3.8) is 0 Å². The summed E-state index contributed by atoms with van der Waals surface area (Å²) in [4.78, 5) is 19.6. The number of ether oxygens (including phenoxy) is 2. The van der Waals surface area contributed by atoms with Gasteiger partial charge in [-0.3, -0.25) is 9.84 Å². The number of rotatable bonds is 8. The fraction of sp³-hybridized carbons (Fsp3) is 1.00. The predicted octanol–water partition coefficient (Wildman–Crippen LogP) is -2.88. The Hall–Kier alpha value is -0.0600. The molecular formula is C13H27NO14P2. The summed E-state index contributed by atoms with van der Waals surface area (Å²) in [5, 5.41) is 51.3. The summed E-state index contributed by atoms with van der Waals surface area (Å²) in [5.41, 5.74) is 0.